The Labute approximate surface area is 147 Å². The van der Waals surface area contributed by atoms with Crippen LogP contribution < -0.4 is 0 Å². The van der Waals surface area contributed by atoms with E-state index in [0.717, 1.165) is 18.1 Å². The molecule has 0 saturated carbocycles. The molecule has 1 saturated heterocycles. The number of nitrogens with zero attached hydrogens (tertiary/aromatic N) is 4. The lowest BCUT2D eigenvalue weighted by Crippen LogP contribution is -2.45. The van der Waals surface area contributed by atoms with E-state index in [0.29, 0.717) is 32.5 Å². The fourth-order valence-electron chi connectivity index (χ4n) is 2.81. The standard InChI is InChI=1S/C18H22N4OS/c19-8-4-10-21(11-5-9-20)18(23)14-22-12-13-24-15-17(22)16-6-2-1-3-7-16/h1-3,6-7,17H,4-5,10-15H2/t17-/m1/s1. The summed E-state index contributed by atoms with van der Waals surface area (Å²) in [4.78, 5) is 16.5. The molecule has 24 heavy (non-hydrogen) atoms. The van der Waals surface area contributed by atoms with Gasteiger partial charge in [-0.25, -0.2) is 0 Å². The van der Waals surface area contributed by atoms with Crippen molar-refractivity contribution >= 4 is 17.7 Å². The van der Waals surface area contributed by atoms with Gasteiger partial charge in [0.2, 0.25) is 5.91 Å². The van der Waals surface area contributed by atoms with E-state index in [-0.39, 0.29) is 11.9 Å². The minimum Gasteiger partial charge on any atom is -0.340 e. The monoisotopic (exact) mass is 342 g/mol. The van der Waals surface area contributed by atoms with E-state index in [1.807, 2.05) is 30.0 Å². The third-order valence-corrected chi connectivity index (χ3v) is 5.12. The van der Waals surface area contributed by atoms with Crippen LogP contribution in [0, 0.1) is 22.7 Å². The first kappa shape index (κ1) is 18.3. The Balaban J connectivity index is 2.03. The van der Waals surface area contributed by atoms with Crippen molar-refractivity contribution in [2.45, 2.75) is 18.9 Å². The molecule has 5 nitrogen and oxygen atoms in total. The van der Waals surface area contributed by atoms with Crippen molar-refractivity contribution in [3.8, 4) is 12.1 Å². The highest BCUT2D eigenvalue weighted by atomic mass is 32.2. The number of benzene rings is 1. The third-order valence-electron chi connectivity index (χ3n) is 4.10. The summed E-state index contributed by atoms with van der Waals surface area (Å²) in [7, 11) is 0. The number of hydrogen-bond acceptors (Lipinski definition) is 5. The Morgan fingerprint density at radius 1 is 1.21 bits per heavy atom. The maximum Gasteiger partial charge on any atom is 0.236 e. The molecule has 0 radical (unpaired) electrons. The highest BCUT2D eigenvalue weighted by Gasteiger charge is 2.27. The van der Waals surface area contributed by atoms with Crippen molar-refractivity contribution in [3.05, 3.63) is 35.9 Å². The highest BCUT2D eigenvalue weighted by Crippen LogP contribution is 2.29. The number of carbonyl (C=O) groups excluding carboxylic acids is 1. The van der Waals surface area contributed by atoms with Crippen molar-refractivity contribution in [3.63, 3.8) is 0 Å². The summed E-state index contributed by atoms with van der Waals surface area (Å²) in [5.74, 6) is 2.01. The summed E-state index contributed by atoms with van der Waals surface area (Å²) in [5, 5.41) is 17.5. The second kappa shape index (κ2) is 9.97. The van der Waals surface area contributed by atoms with Crippen molar-refractivity contribution in [1.29, 1.82) is 10.5 Å². The first-order chi connectivity index (χ1) is 11.8. The summed E-state index contributed by atoms with van der Waals surface area (Å²) in [6.07, 6.45) is 0.601. The minimum atomic E-state index is 0.00771. The average molecular weight is 342 g/mol. The van der Waals surface area contributed by atoms with Crippen molar-refractivity contribution in [1.82, 2.24) is 9.80 Å². The lowest BCUT2D eigenvalue weighted by atomic mass is 10.1. The maximum atomic E-state index is 12.7. The molecule has 1 aliphatic rings. The van der Waals surface area contributed by atoms with Crippen LogP contribution in [0.1, 0.15) is 24.4 Å². The molecule has 1 fully saturated rings. The highest BCUT2D eigenvalue weighted by molar-refractivity contribution is 7.99. The van der Waals surface area contributed by atoms with E-state index >= 15 is 0 Å². The number of nitriles is 2. The predicted octanol–water partition coefficient (Wildman–Crippen LogP) is 2.43. The maximum absolute atomic E-state index is 12.7. The van der Waals surface area contributed by atoms with E-state index in [1.165, 1.54) is 5.56 Å². The van der Waals surface area contributed by atoms with Gasteiger partial charge in [0, 0.05) is 37.2 Å². The molecule has 1 heterocycles. The fraction of sp³-hybridized carbons (Fsp3) is 0.500. The summed E-state index contributed by atoms with van der Waals surface area (Å²) in [6.45, 7) is 2.02. The van der Waals surface area contributed by atoms with Crippen LogP contribution in [0.3, 0.4) is 0 Å². The van der Waals surface area contributed by atoms with Gasteiger partial charge in [0.1, 0.15) is 0 Å². The lowest BCUT2D eigenvalue weighted by molar-refractivity contribution is -0.132. The van der Waals surface area contributed by atoms with Gasteiger partial charge in [0.25, 0.3) is 0 Å². The SMILES string of the molecule is N#CCCN(CCC#N)C(=O)CN1CCSC[C@@H]1c1ccccc1. The minimum absolute atomic E-state index is 0.00771. The first-order valence-electron chi connectivity index (χ1n) is 8.14. The molecular weight excluding hydrogens is 320 g/mol. The predicted molar refractivity (Wildman–Crippen MR) is 95.1 cm³/mol. The summed E-state index contributed by atoms with van der Waals surface area (Å²) in [5.41, 5.74) is 1.23. The van der Waals surface area contributed by atoms with Crippen LogP contribution in [0.25, 0.3) is 0 Å². The van der Waals surface area contributed by atoms with Gasteiger partial charge in [-0.2, -0.15) is 22.3 Å². The zero-order valence-corrected chi connectivity index (χ0v) is 14.5. The second-order valence-electron chi connectivity index (χ2n) is 5.67. The van der Waals surface area contributed by atoms with Crippen molar-refractivity contribution < 1.29 is 4.79 Å². The van der Waals surface area contributed by atoms with Crippen LogP contribution in [-0.2, 0) is 4.79 Å². The molecule has 0 unspecified atom stereocenters. The van der Waals surface area contributed by atoms with Crippen molar-refractivity contribution in [2.75, 3.05) is 37.7 Å². The Kier molecular flexibility index (Phi) is 7.61. The van der Waals surface area contributed by atoms with Gasteiger partial charge in [0.05, 0.1) is 31.5 Å². The van der Waals surface area contributed by atoms with E-state index in [2.05, 4.69) is 29.2 Å². The van der Waals surface area contributed by atoms with Crippen LogP contribution in [0.4, 0.5) is 0 Å². The van der Waals surface area contributed by atoms with E-state index in [4.69, 9.17) is 10.5 Å². The Morgan fingerprint density at radius 3 is 2.50 bits per heavy atom. The Morgan fingerprint density at radius 2 is 1.88 bits per heavy atom. The van der Waals surface area contributed by atoms with Gasteiger partial charge in [-0.15, -0.1) is 0 Å². The molecule has 0 N–H and O–H groups in total. The number of amides is 1. The average Bonchev–Trinajstić information content (AvgIpc) is 2.63. The zero-order valence-electron chi connectivity index (χ0n) is 13.7. The molecule has 126 valence electrons. The molecule has 0 bridgehead atoms. The van der Waals surface area contributed by atoms with Crippen LogP contribution in [-0.4, -0.2) is 53.4 Å². The molecule has 1 aliphatic heterocycles. The largest absolute Gasteiger partial charge is 0.340 e. The number of rotatable bonds is 7. The molecule has 0 aliphatic carbocycles. The molecule has 1 amide bonds. The van der Waals surface area contributed by atoms with E-state index < -0.39 is 0 Å². The van der Waals surface area contributed by atoms with Gasteiger partial charge in [-0.1, -0.05) is 30.3 Å². The molecule has 1 atom stereocenters. The van der Waals surface area contributed by atoms with Crippen LogP contribution in [0.5, 0.6) is 0 Å². The second-order valence-corrected chi connectivity index (χ2v) is 6.82. The van der Waals surface area contributed by atoms with Gasteiger partial charge < -0.3 is 4.90 Å². The van der Waals surface area contributed by atoms with Crippen LogP contribution in [0.2, 0.25) is 0 Å². The summed E-state index contributed by atoms with van der Waals surface area (Å²) < 4.78 is 0. The van der Waals surface area contributed by atoms with Gasteiger partial charge in [-0.3, -0.25) is 9.69 Å². The zero-order chi connectivity index (χ0) is 17.2. The number of carbonyl (C=O) groups is 1. The Bertz CT molecular complexity index is 590. The number of hydrogen-bond donors (Lipinski definition) is 0. The Hall–Kier alpha value is -2.02. The molecular formula is C18H22N4OS. The molecule has 2 rings (SSSR count). The first-order valence-corrected chi connectivity index (χ1v) is 9.30. The third kappa shape index (κ3) is 5.26. The molecule has 6 heteroatoms. The van der Waals surface area contributed by atoms with Crippen LogP contribution >= 0.6 is 11.8 Å². The summed E-state index contributed by atoms with van der Waals surface area (Å²) >= 11 is 1.91. The van der Waals surface area contributed by atoms with E-state index in [1.54, 1.807) is 4.90 Å². The molecule has 1 aromatic carbocycles. The van der Waals surface area contributed by atoms with Crippen LogP contribution in [0.15, 0.2) is 30.3 Å². The van der Waals surface area contributed by atoms with Gasteiger partial charge in [0.15, 0.2) is 0 Å². The summed E-state index contributed by atoms with van der Waals surface area (Å²) in [6, 6.07) is 14.7. The fourth-order valence-corrected chi connectivity index (χ4v) is 3.97. The topological polar surface area (TPSA) is 71.1 Å². The lowest BCUT2D eigenvalue weighted by Gasteiger charge is -2.36. The van der Waals surface area contributed by atoms with E-state index in [9.17, 15) is 4.79 Å². The van der Waals surface area contributed by atoms with Gasteiger partial charge >= 0.3 is 0 Å². The van der Waals surface area contributed by atoms with Crippen molar-refractivity contribution in [2.24, 2.45) is 0 Å². The smallest absolute Gasteiger partial charge is 0.236 e. The molecule has 0 aromatic heterocycles. The molecule has 1 aromatic rings. The van der Waals surface area contributed by atoms with Gasteiger partial charge in [-0.05, 0) is 5.56 Å². The quantitative estimate of drug-likeness (QED) is 0.761. The molecule has 0 spiro atoms. The number of thioether (sulfide) groups is 1. The normalized spacial score (nSPS) is 17.7.